The summed E-state index contributed by atoms with van der Waals surface area (Å²) in [7, 11) is -3.59. The van der Waals surface area contributed by atoms with Crippen molar-refractivity contribution in [3.63, 3.8) is 0 Å². The van der Waals surface area contributed by atoms with Gasteiger partial charge in [-0.3, -0.25) is 9.48 Å². The number of nitrogens with zero attached hydrogens (tertiary/aromatic N) is 4. The van der Waals surface area contributed by atoms with E-state index in [0.717, 1.165) is 56.8 Å². The first-order valence-electron chi connectivity index (χ1n) is 15.5. The van der Waals surface area contributed by atoms with Crippen LogP contribution in [-0.2, 0) is 42.3 Å². The van der Waals surface area contributed by atoms with Gasteiger partial charge in [0.15, 0.2) is 0 Å². The minimum atomic E-state index is -4.73. The van der Waals surface area contributed by atoms with Gasteiger partial charge in [0.25, 0.3) is 5.91 Å². The van der Waals surface area contributed by atoms with E-state index in [9.17, 15) is 41.0 Å². The van der Waals surface area contributed by atoms with Crippen LogP contribution in [0.25, 0.3) is 11.3 Å². The predicted octanol–water partition coefficient (Wildman–Crippen LogP) is 3.41. The zero-order valence-electron chi connectivity index (χ0n) is 26.0. The fraction of sp³-hybridized carbons (Fsp3) is 0.500. The summed E-state index contributed by atoms with van der Waals surface area (Å²) in [4.78, 5) is 14.8. The molecule has 0 aliphatic carbocycles. The van der Waals surface area contributed by atoms with Crippen LogP contribution in [0.5, 0.6) is 0 Å². The Morgan fingerprint density at radius 1 is 1.09 bits per heavy atom. The summed E-state index contributed by atoms with van der Waals surface area (Å²) in [5.74, 6) is -0.783. The Morgan fingerprint density at radius 2 is 1.79 bits per heavy atom. The first kappa shape index (κ1) is 35.0. The van der Waals surface area contributed by atoms with Gasteiger partial charge >= 0.3 is 6.18 Å². The van der Waals surface area contributed by atoms with Gasteiger partial charge in [0.05, 0.1) is 30.2 Å². The highest BCUT2D eigenvalue weighted by Gasteiger charge is 2.35. The Kier molecular flexibility index (Phi) is 10.7. The number of carbonyl (C=O) groups excluding carboxylic acids is 1. The lowest BCUT2D eigenvalue weighted by Crippen LogP contribution is -2.41. The minimum Gasteiger partial charge on any atom is -0.396 e. The summed E-state index contributed by atoms with van der Waals surface area (Å²) >= 11 is 0. The fourth-order valence-corrected chi connectivity index (χ4v) is 7.16. The maximum atomic E-state index is 14.0. The summed E-state index contributed by atoms with van der Waals surface area (Å²) in [6.45, 7) is 1.92. The molecule has 256 valence electrons. The summed E-state index contributed by atoms with van der Waals surface area (Å²) in [6.07, 6.45) is -1.52. The van der Waals surface area contributed by atoms with Crippen molar-refractivity contribution in [2.24, 2.45) is 5.92 Å². The SMILES string of the molecule is CS(=O)(=O)N1CCc2c(c(-c3ccc(C(F)(F)F)c(CNC(=O)c4ccc(F)cc4)c3)nn2CC(O)CN2CCC(CCO)CC2)C1. The molecule has 1 aromatic heterocycles. The van der Waals surface area contributed by atoms with Gasteiger partial charge in [0, 0.05) is 61.6 Å². The fourth-order valence-electron chi connectivity index (χ4n) is 6.37. The summed E-state index contributed by atoms with van der Waals surface area (Å²) < 4.78 is 83.2. The number of aliphatic hydroxyl groups excluding tert-OH is 2. The average molecular weight is 682 g/mol. The topological polar surface area (TPSA) is 128 Å². The smallest absolute Gasteiger partial charge is 0.396 e. The summed E-state index contributed by atoms with van der Waals surface area (Å²) in [5.41, 5.74) is 0.739. The molecule has 0 saturated carbocycles. The van der Waals surface area contributed by atoms with Crippen molar-refractivity contribution in [2.45, 2.75) is 57.6 Å². The van der Waals surface area contributed by atoms with Gasteiger partial charge in [-0.15, -0.1) is 0 Å². The number of hydrogen-bond acceptors (Lipinski definition) is 7. The van der Waals surface area contributed by atoms with E-state index in [4.69, 9.17) is 5.10 Å². The number of piperidine rings is 1. The molecule has 3 N–H and O–H groups in total. The highest BCUT2D eigenvalue weighted by molar-refractivity contribution is 7.88. The van der Waals surface area contributed by atoms with E-state index in [-0.39, 0.29) is 37.4 Å². The molecule has 0 bridgehead atoms. The number of sulfonamides is 1. The molecule has 1 unspecified atom stereocenters. The molecule has 3 aromatic rings. The number of halogens is 4. The lowest BCUT2D eigenvalue weighted by atomic mass is 9.94. The molecule has 1 saturated heterocycles. The van der Waals surface area contributed by atoms with Crippen LogP contribution in [0.3, 0.4) is 0 Å². The summed E-state index contributed by atoms with van der Waals surface area (Å²) in [6, 6.07) is 8.08. The molecule has 15 heteroatoms. The molecule has 3 heterocycles. The number of β-amino-alcohol motifs (C(OH)–C–C–N with tert-alkyl or cyclic N) is 1. The van der Waals surface area contributed by atoms with E-state index in [0.29, 0.717) is 41.4 Å². The van der Waals surface area contributed by atoms with Crippen molar-refractivity contribution in [1.29, 1.82) is 0 Å². The number of aromatic nitrogens is 2. The lowest BCUT2D eigenvalue weighted by Gasteiger charge is -2.33. The standard InChI is InChI=1S/C32H39F4N5O5S/c1-47(45,46)40-14-10-29-27(20-40)30(38-41(29)19-26(43)18-39-12-8-21(9-13-39)11-15-42)23-4-7-28(32(34,35)36)24(16-23)17-37-31(44)22-2-5-25(33)6-3-22/h2-7,16,21,26,42-43H,8-15,17-20H2,1H3,(H,37,44). The molecule has 1 amide bonds. The van der Waals surface area contributed by atoms with Gasteiger partial charge in [-0.05, 0) is 80.2 Å². The van der Waals surface area contributed by atoms with Crippen LogP contribution in [-0.4, -0.2) is 88.7 Å². The number of amides is 1. The first-order valence-corrected chi connectivity index (χ1v) is 17.4. The number of aliphatic hydroxyl groups is 2. The second-order valence-corrected chi connectivity index (χ2v) is 14.3. The second kappa shape index (κ2) is 14.4. The van der Waals surface area contributed by atoms with Crippen molar-refractivity contribution in [3.05, 3.63) is 76.2 Å². The van der Waals surface area contributed by atoms with E-state index in [1.165, 1.54) is 28.6 Å². The zero-order chi connectivity index (χ0) is 33.9. The van der Waals surface area contributed by atoms with E-state index in [2.05, 4.69) is 10.2 Å². The quantitative estimate of drug-likeness (QED) is 0.265. The molecular formula is C32H39F4N5O5S. The van der Waals surface area contributed by atoms with Gasteiger partial charge in [0.1, 0.15) is 5.82 Å². The Hall–Kier alpha value is -3.37. The molecule has 2 aromatic carbocycles. The third kappa shape index (κ3) is 8.57. The van der Waals surface area contributed by atoms with Gasteiger partial charge in [-0.1, -0.05) is 6.07 Å². The van der Waals surface area contributed by atoms with Crippen LogP contribution in [0.2, 0.25) is 0 Å². The number of carbonyl (C=O) groups is 1. The third-order valence-corrected chi connectivity index (χ3v) is 10.1. The van der Waals surface area contributed by atoms with Crippen LogP contribution in [0.1, 0.15) is 52.0 Å². The highest BCUT2D eigenvalue weighted by Crippen LogP contribution is 2.37. The van der Waals surface area contributed by atoms with Crippen LogP contribution < -0.4 is 5.32 Å². The molecule has 1 fully saturated rings. The molecule has 10 nitrogen and oxygen atoms in total. The van der Waals surface area contributed by atoms with Crippen molar-refractivity contribution in [2.75, 3.05) is 39.0 Å². The van der Waals surface area contributed by atoms with E-state index >= 15 is 0 Å². The van der Waals surface area contributed by atoms with Crippen LogP contribution >= 0.6 is 0 Å². The molecular weight excluding hydrogens is 642 g/mol. The second-order valence-electron chi connectivity index (χ2n) is 12.3. The van der Waals surface area contributed by atoms with Crippen molar-refractivity contribution < 1.29 is 41.0 Å². The van der Waals surface area contributed by atoms with Crippen LogP contribution in [0.4, 0.5) is 17.6 Å². The highest BCUT2D eigenvalue weighted by atomic mass is 32.2. The monoisotopic (exact) mass is 681 g/mol. The van der Waals surface area contributed by atoms with Crippen LogP contribution in [0.15, 0.2) is 42.5 Å². The molecule has 1 atom stereocenters. The Bertz CT molecular complexity index is 1670. The Labute approximate surface area is 271 Å². The average Bonchev–Trinajstić information content (AvgIpc) is 3.37. The normalized spacial score (nSPS) is 17.4. The molecule has 2 aliphatic rings. The van der Waals surface area contributed by atoms with Gasteiger partial charge in [-0.2, -0.15) is 22.6 Å². The first-order chi connectivity index (χ1) is 22.2. The maximum absolute atomic E-state index is 14.0. The number of alkyl halides is 3. The number of likely N-dealkylation sites (tertiary alicyclic amines) is 1. The van der Waals surface area contributed by atoms with Crippen molar-refractivity contribution in [1.82, 2.24) is 24.3 Å². The molecule has 0 spiro atoms. The lowest BCUT2D eigenvalue weighted by molar-refractivity contribution is -0.138. The van der Waals surface area contributed by atoms with Gasteiger partial charge in [0.2, 0.25) is 10.0 Å². The number of benzene rings is 2. The Morgan fingerprint density at radius 3 is 2.43 bits per heavy atom. The Balaban J connectivity index is 1.43. The van der Waals surface area contributed by atoms with Crippen molar-refractivity contribution >= 4 is 15.9 Å². The number of rotatable bonds is 11. The van der Waals surface area contributed by atoms with E-state index in [1.54, 1.807) is 4.68 Å². The molecule has 5 rings (SSSR count). The molecule has 0 radical (unpaired) electrons. The predicted molar refractivity (Wildman–Crippen MR) is 166 cm³/mol. The van der Waals surface area contributed by atoms with E-state index < -0.39 is 46.1 Å². The largest absolute Gasteiger partial charge is 0.416 e. The van der Waals surface area contributed by atoms with Gasteiger partial charge in [-0.25, -0.2) is 12.8 Å². The third-order valence-electron chi connectivity index (χ3n) is 8.89. The zero-order valence-corrected chi connectivity index (χ0v) is 26.8. The minimum absolute atomic E-state index is 0.0321. The van der Waals surface area contributed by atoms with Gasteiger partial charge < -0.3 is 20.4 Å². The van der Waals surface area contributed by atoms with Crippen molar-refractivity contribution in [3.8, 4) is 11.3 Å². The van der Waals surface area contributed by atoms with E-state index in [1.807, 2.05) is 0 Å². The summed E-state index contributed by atoms with van der Waals surface area (Å²) in [5, 5.41) is 27.5. The van der Waals surface area contributed by atoms with Crippen LogP contribution in [0, 0.1) is 11.7 Å². The number of nitrogens with one attached hydrogen (secondary N) is 1. The molecule has 47 heavy (non-hydrogen) atoms. The maximum Gasteiger partial charge on any atom is 0.416 e. The number of hydrogen-bond donors (Lipinski definition) is 3. The molecule has 2 aliphatic heterocycles. The number of fused-ring (bicyclic) bond motifs is 1.